The van der Waals surface area contributed by atoms with Crippen LogP contribution in [0.5, 0.6) is 0 Å². The number of hydrogen-bond acceptors (Lipinski definition) is 4. The van der Waals surface area contributed by atoms with Gasteiger partial charge in [-0.25, -0.2) is 0 Å². The van der Waals surface area contributed by atoms with Crippen LogP contribution in [0, 0.1) is 18.3 Å². The number of carbonyl (C=O) groups is 1. The highest BCUT2D eigenvalue weighted by molar-refractivity contribution is 7.16. The fourth-order valence-electron chi connectivity index (χ4n) is 3.75. The Labute approximate surface area is 160 Å². The Kier molecular flexibility index (Phi) is 4.54. The molecule has 2 aromatic heterocycles. The molecule has 0 bridgehead atoms. The van der Waals surface area contributed by atoms with E-state index in [1.807, 2.05) is 31.2 Å². The van der Waals surface area contributed by atoms with Gasteiger partial charge in [0.1, 0.15) is 17.6 Å². The zero-order valence-electron chi connectivity index (χ0n) is 15.0. The molecule has 3 aromatic rings. The molecule has 6 heteroatoms. The van der Waals surface area contributed by atoms with Crippen LogP contribution in [0.15, 0.2) is 35.1 Å². The van der Waals surface area contributed by atoms with E-state index in [4.69, 9.17) is 0 Å². The summed E-state index contributed by atoms with van der Waals surface area (Å²) in [6, 6.07) is 11.4. The molecule has 27 heavy (non-hydrogen) atoms. The van der Waals surface area contributed by atoms with Gasteiger partial charge < -0.3 is 5.32 Å². The molecule has 0 saturated heterocycles. The lowest BCUT2D eigenvalue weighted by Crippen LogP contribution is -2.27. The van der Waals surface area contributed by atoms with Crippen LogP contribution in [-0.2, 0) is 24.2 Å². The van der Waals surface area contributed by atoms with E-state index in [-0.39, 0.29) is 18.0 Å². The summed E-state index contributed by atoms with van der Waals surface area (Å²) < 4.78 is 1.48. The van der Waals surface area contributed by atoms with Gasteiger partial charge in [0.05, 0.1) is 11.1 Å². The summed E-state index contributed by atoms with van der Waals surface area (Å²) in [5, 5.41) is 14.0. The Morgan fingerprint density at radius 3 is 2.89 bits per heavy atom. The summed E-state index contributed by atoms with van der Waals surface area (Å²) in [4.78, 5) is 26.3. The molecule has 136 valence electrons. The minimum Gasteiger partial charge on any atom is -0.315 e. The van der Waals surface area contributed by atoms with E-state index >= 15 is 0 Å². The first-order chi connectivity index (χ1) is 13.1. The molecule has 0 fully saturated rings. The predicted octanol–water partition coefficient (Wildman–Crippen LogP) is 3.76. The number of pyridine rings is 1. The lowest BCUT2D eigenvalue weighted by molar-refractivity contribution is -0.116. The summed E-state index contributed by atoms with van der Waals surface area (Å²) in [5.41, 5.74) is 3.10. The summed E-state index contributed by atoms with van der Waals surface area (Å²) in [5.74, 6) is -0.291. The van der Waals surface area contributed by atoms with Crippen LogP contribution in [0.3, 0.4) is 0 Å². The average Bonchev–Trinajstić information content (AvgIpc) is 3.02. The van der Waals surface area contributed by atoms with E-state index in [1.165, 1.54) is 20.8 Å². The number of anilines is 1. The number of hydrogen-bond donors (Lipinski definition) is 1. The molecule has 0 aliphatic heterocycles. The number of benzene rings is 1. The Morgan fingerprint density at radius 2 is 2.07 bits per heavy atom. The Bertz CT molecular complexity index is 1150. The topological polar surface area (TPSA) is 74.9 Å². The number of nitrogens with zero attached hydrogens (tertiary/aromatic N) is 2. The van der Waals surface area contributed by atoms with Crippen molar-refractivity contribution >= 4 is 33.1 Å². The van der Waals surface area contributed by atoms with E-state index in [9.17, 15) is 14.9 Å². The number of carbonyl (C=O) groups excluding carboxylic acids is 1. The van der Waals surface area contributed by atoms with Crippen molar-refractivity contribution in [3.8, 4) is 6.07 Å². The first kappa shape index (κ1) is 17.5. The maximum absolute atomic E-state index is 12.7. The maximum Gasteiger partial charge on any atom is 0.251 e. The molecule has 0 radical (unpaired) electrons. The van der Waals surface area contributed by atoms with Crippen molar-refractivity contribution in [3.05, 3.63) is 62.3 Å². The summed E-state index contributed by atoms with van der Waals surface area (Å²) in [6.07, 6.45) is 4.06. The summed E-state index contributed by atoms with van der Waals surface area (Å²) >= 11 is 1.49. The molecule has 0 spiro atoms. The van der Waals surface area contributed by atoms with Crippen molar-refractivity contribution in [1.29, 1.82) is 5.26 Å². The Morgan fingerprint density at radius 1 is 1.30 bits per heavy atom. The molecule has 5 nitrogen and oxygen atoms in total. The molecule has 2 heterocycles. The van der Waals surface area contributed by atoms with Gasteiger partial charge in [-0.15, -0.1) is 11.3 Å². The first-order valence-corrected chi connectivity index (χ1v) is 9.84. The first-order valence-electron chi connectivity index (χ1n) is 9.02. The van der Waals surface area contributed by atoms with E-state index in [0.29, 0.717) is 10.6 Å². The second-order valence-electron chi connectivity index (χ2n) is 6.84. The van der Waals surface area contributed by atoms with Crippen LogP contribution in [0.1, 0.15) is 34.4 Å². The van der Waals surface area contributed by atoms with Gasteiger partial charge in [-0.1, -0.05) is 18.2 Å². The van der Waals surface area contributed by atoms with Gasteiger partial charge >= 0.3 is 0 Å². The molecule has 1 aromatic carbocycles. The fraction of sp³-hybridized carbons (Fsp3) is 0.286. The second kappa shape index (κ2) is 7.01. The Hall–Kier alpha value is -2.91. The van der Waals surface area contributed by atoms with Crippen molar-refractivity contribution in [2.45, 2.75) is 39.2 Å². The largest absolute Gasteiger partial charge is 0.315 e. The number of thiophene rings is 1. The molecule has 1 amide bonds. The van der Waals surface area contributed by atoms with Gasteiger partial charge in [-0.05, 0) is 49.8 Å². The SMILES string of the molecule is Cc1cc(=O)n(CC(=O)Nc2sc3c(c2C#N)CCCC3)c2ccccc12. The number of nitrogens with one attached hydrogen (secondary N) is 1. The standard InChI is InChI=1S/C21H19N3O2S/c1-13-10-20(26)24(17-8-4-2-6-14(13)17)12-19(25)23-21-16(11-22)15-7-3-5-9-18(15)27-21/h2,4,6,8,10H,3,5,7,9,12H2,1H3,(H,23,25). The fourth-order valence-corrected chi connectivity index (χ4v) is 5.00. The highest BCUT2D eigenvalue weighted by Crippen LogP contribution is 2.37. The molecule has 1 N–H and O–H groups in total. The van der Waals surface area contributed by atoms with Crippen molar-refractivity contribution in [2.75, 3.05) is 5.32 Å². The van der Waals surface area contributed by atoms with Crippen molar-refractivity contribution in [2.24, 2.45) is 0 Å². The van der Waals surface area contributed by atoms with Gasteiger partial charge in [0.25, 0.3) is 5.56 Å². The van der Waals surface area contributed by atoms with Crippen LogP contribution in [0.4, 0.5) is 5.00 Å². The third-order valence-corrected chi connectivity index (χ3v) is 6.27. The summed E-state index contributed by atoms with van der Waals surface area (Å²) in [7, 11) is 0. The van der Waals surface area contributed by atoms with E-state index < -0.39 is 0 Å². The zero-order chi connectivity index (χ0) is 19.0. The maximum atomic E-state index is 12.7. The minimum absolute atomic E-state index is 0.0763. The third-order valence-electron chi connectivity index (χ3n) is 5.06. The molecule has 0 atom stereocenters. The van der Waals surface area contributed by atoms with Gasteiger partial charge in [0.15, 0.2) is 0 Å². The van der Waals surface area contributed by atoms with E-state index in [2.05, 4.69) is 11.4 Å². The normalized spacial score (nSPS) is 13.2. The van der Waals surface area contributed by atoms with Crippen molar-refractivity contribution in [1.82, 2.24) is 4.57 Å². The lowest BCUT2D eigenvalue weighted by atomic mass is 9.96. The molecule has 0 saturated carbocycles. The number of amides is 1. The number of aryl methyl sites for hydroxylation is 2. The summed E-state index contributed by atoms with van der Waals surface area (Å²) in [6.45, 7) is 1.82. The van der Waals surface area contributed by atoms with Crippen LogP contribution in [0.2, 0.25) is 0 Å². The van der Waals surface area contributed by atoms with Crippen molar-refractivity contribution in [3.63, 3.8) is 0 Å². The molecular weight excluding hydrogens is 358 g/mol. The number of nitriles is 1. The smallest absolute Gasteiger partial charge is 0.251 e. The van der Waals surface area contributed by atoms with Gasteiger partial charge in [0.2, 0.25) is 5.91 Å². The van der Waals surface area contributed by atoms with Crippen molar-refractivity contribution < 1.29 is 4.79 Å². The van der Waals surface area contributed by atoms with Crippen LogP contribution < -0.4 is 10.9 Å². The van der Waals surface area contributed by atoms with Gasteiger partial charge in [-0.2, -0.15) is 5.26 Å². The van der Waals surface area contributed by atoms with Crippen LogP contribution >= 0.6 is 11.3 Å². The zero-order valence-corrected chi connectivity index (χ0v) is 15.9. The second-order valence-corrected chi connectivity index (χ2v) is 7.95. The minimum atomic E-state index is -0.291. The molecule has 1 aliphatic carbocycles. The number of aromatic nitrogens is 1. The monoisotopic (exact) mass is 377 g/mol. The van der Waals surface area contributed by atoms with Crippen LogP contribution in [0.25, 0.3) is 10.9 Å². The number of fused-ring (bicyclic) bond motifs is 2. The molecular formula is C21H19N3O2S. The average molecular weight is 377 g/mol. The number of rotatable bonds is 3. The molecule has 1 aliphatic rings. The quantitative estimate of drug-likeness (QED) is 0.755. The predicted molar refractivity (Wildman–Crippen MR) is 107 cm³/mol. The van der Waals surface area contributed by atoms with E-state index in [0.717, 1.165) is 47.7 Å². The number of para-hydroxylation sites is 1. The van der Waals surface area contributed by atoms with Crippen LogP contribution in [-0.4, -0.2) is 10.5 Å². The van der Waals surface area contributed by atoms with Gasteiger partial charge in [-0.3, -0.25) is 14.2 Å². The highest BCUT2D eigenvalue weighted by atomic mass is 32.1. The molecule has 4 rings (SSSR count). The Balaban J connectivity index is 1.65. The van der Waals surface area contributed by atoms with E-state index in [1.54, 1.807) is 6.07 Å². The highest BCUT2D eigenvalue weighted by Gasteiger charge is 2.22. The lowest BCUT2D eigenvalue weighted by Gasteiger charge is -2.12. The van der Waals surface area contributed by atoms with Gasteiger partial charge in [0, 0.05) is 16.3 Å². The molecule has 0 unspecified atom stereocenters. The third kappa shape index (κ3) is 3.15.